The van der Waals surface area contributed by atoms with Gasteiger partial charge in [-0.3, -0.25) is 4.79 Å². The molecule has 0 aliphatic heterocycles. The van der Waals surface area contributed by atoms with E-state index in [9.17, 15) is 4.79 Å². The van der Waals surface area contributed by atoms with Gasteiger partial charge in [0.2, 0.25) is 5.91 Å². The van der Waals surface area contributed by atoms with Crippen LogP contribution >= 0.6 is 0 Å². The highest BCUT2D eigenvalue weighted by atomic mass is 16.2. The highest BCUT2D eigenvalue weighted by molar-refractivity contribution is 5.86. The largest absolute Gasteiger partial charge is 0.350 e. The van der Waals surface area contributed by atoms with Crippen LogP contribution in [0.4, 0.5) is 0 Å². The van der Waals surface area contributed by atoms with Crippen molar-refractivity contribution in [3.05, 3.63) is 0 Å². The van der Waals surface area contributed by atoms with E-state index in [2.05, 4.69) is 11.4 Å². The Balaban J connectivity index is 2.72. The van der Waals surface area contributed by atoms with Crippen LogP contribution in [0.1, 0.15) is 52.9 Å². The van der Waals surface area contributed by atoms with Gasteiger partial charge in [-0.25, -0.2) is 0 Å². The first-order chi connectivity index (χ1) is 6.96. The van der Waals surface area contributed by atoms with Crippen LogP contribution in [0, 0.1) is 16.7 Å². The molecule has 0 atom stereocenters. The van der Waals surface area contributed by atoms with Crippen molar-refractivity contribution < 1.29 is 4.79 Å². The molecule has 0 aromatic rings. The second-order valence-electron chi connectivity index (χ2n) is 5.09. The van der Waals surface area contributed by atoms with E-state index >= 15 is 0 Å². The Bertz CT molecular complexity index is 282. The fourth-order valence-corrected chi connectivity index (χ4v) is 1.88. The van der Waals surface area contributed by atoms with Gasteiger partial charge in [-0.2, -0.15) is 5.26 Å². The third kappa shape index (κ3) is 2.50. The Morgan fingerprint density at radius 1 is 1.47 bits per heavy atom. The molecule has 1 rings (SSSR count). The second kappa shape index (κ2) is 4.22. The van der Waals surface area contributed by atoms with Gasteiger partial charge in [-0.05, 0) is 33.1 Å². The van der Waals surface area contributed by atoms with Gasteiger partial charge in [-0.1, -0.05) is 19.8 Å². The molecule has 1 aliphatic rings. The molecule has 0 aromatic heterocycles. The van der Waals surface area contributed by atoms with E-state index in [0.717, 1.165) is 32.1 Å². The first kappa shape index (κ1) is 12.0. The molecule has 0 aromatic carbocycles. The zero-order valence-electron chi connectivity index (χ0n) is 9.89. The van der Waals surface area contributed by atoms with Gasteiger partial charge in [0.15, 0.2) is 0 Å². The van der Waals surface area contributed by atoms with Crippen molar-refractivity contribution in [1.82, 2.24) is 5.32 Å². The average Bonchev–Trinajstić information content (AvgIpc) is 2.66. The quantitative estimate of drug-likeness (QED) is 0.774. The summed E-state index contributed by atoms with van der Waals surface area (Å²) in [6.07, 6.45) is 4.30. The maximum absolute atomic E-state index is 12.0. The van der Waals surface area contributed by atoms with E-state index in [-0.39, 0.29) is 11.4 Å². The summed E-state index contributed by atoms with van der Waals surface area (Å²) in [6, 6.07) is 2.21. The lowest BCUT2D eigenvalue weighted by atomic mass is 9.85. The van der Waals surface area contributed by atoms with Crippen molar-refractivity contribution in [2.75, 3.05) is 0 Å². The number of nitrogens with one attached hydrogen (secondary N) is 1. The molecule has 0 spiro atoms. The molecular formula is C12H20N2O. The summed E-state index contributed by atoms with van der Waals surface area (Å²) in [5, 5.41) is 12.1. The minimum absolute atomic E-state index is 0.0747. The normalized spacial score (nSPS) is 19.6. The van der Waals surface area contributed by atoms with Gasteiger partial charge in [0.05, 0.1) is 6.07 Å². The number of amides is 1. The first-order valence-electron chi connectivity index (χ1n) is 5.70. The number of nitriles is 1. The van der Waals surface area contributed by atoms with Crippen molar-refractivity contribution >= 4 is 5.91 Å². The maximum Gasteiger partial charge on any atom is 0.240 e. The van der Waals surface area contributed by atoms with E-state index < -0.39 is 5.41 Å². The van der Waals surface area contributed by atoms with Gasteiger partial charge in [-0.15, -0.1) is 0 Å². The summed E-state index contributed by atoms with van der Waals surface area (Å²) in [6.45, 7) is 6.02. The summed E-state index contributed by atoms with van der Waals surface area (Å²) < 4.78 is 0. The molecule has 1 saturated carbocycles. The average molecular weight is 208 g/mol. The van der Waals surface area contributed by atoms with Crippen molar-refractivity contribution in [3.63, 3.8) is 0 Å². The summed E-state index contributed by atoms with van der Waals surface area (Å²) >= 11 is 0. The minimum atomic E-state index is -0.744. The Labute approximate surface area is 91.9 Å². The molecule has 1 fully saturated rings. The highest BCUT2D eigenvalue weighted by Crippen LogP contribution is 2.38. The van der Waals surface area contributed by atoms with Crippen LogP contribution in [-0.4, -0.2) is 11.4 Å². The predicted octanol–water partition coefficient (Wildman–Crippen LogP) is 2.38. The maximum atomic E-state index is 12.0. The van der Waals surface area contributed by atoms with E-state index in [4.69, 9.17) is 5.26 Å². The smallest absolute Gasteiger partial charge is 0.240 e. The van der Waals surface area contributed by atoms with Crippen LogP contribution in [0.3, 0.4) is 0 Å². The van der Waals surface area contributed by atoms with E-state index in [0.29, 0.717) is 0 Å². The third-order valence-corrected chi connectivity index (χ3v) is 3.44. The van der Waals surface area contributed by atoms with Crippen LogP contribution in [0.5, 0.6) is 0 Å². The standard InChI is InChI=1S/C12H20N2O/c1-4-11(2,3)14-10(15)12(9-13)7-5-6-8-12/h4-8H2,1-3H3,(H,14,15). The molecule has 0 bridgehead atoms. The highest BCUT2D eigenvalue weighted by Gasteiger charge is 2.42. The summed E-state index contributed by atoms with van der Waals surface area (Å²) in [4.78, 5) is 12.0. The van der Waals surface area contributed by atoms with E-state index in [1.54, 1.807) is 0 Å². The molecule has 0 saturated heterocycles. The zero-order chi connectivity index (χ0) is 11.5. The van der Waals surface area contributed by atoms with Crippen LogP contribution in [0.15, 0.2) is 0 Å². The molecule has 84 valence electrons. The first-order valence-corrected chi connectivity index (χ1v) is 5.70. The molecule has 1 N–H and O–H groups in total. The van der Waals surface area contributed by atoms with Gasteiger partial charge in [0, 0.05) is 5.54 Å². The molecule has 0 heterocycles. The molecular weight excluding hydrogens is 188 g/mol. The number of carbonyl (C=O) groups is 1. The van der Waals surface area contributed by atoms with Gasteiger partial charge in [0.25, 0.3) is 0 Å². The molecule has 0 unspecified atom stereocenters. The zero-order valence-corrected chi connectivity index (χ0v) is 9.89. The van der Waals surface area contributed by atoms with Gasteiger partial charge < -0.3 is 5.32 Å². The van der Waals surface area contributed by atoms with Crippen LogP contribution in [0.25, 0.3) is 0 Å². The minimum Gasteiger partial charge on any atom is -0.350 e. The summed E-state index contributed by atoms with van der Waals surface area (Å²) in [7, 11) is 0. The molecule has 0 radical (unpaired) electrons. The SMILES string of the molecule is CCC(C)(C)NC(=O)C1(C#N)CCCC1. The number of nitrogens with zero attached hydrogens (tertiary/aromatic N) is 1. The molecule has 1 amide bonds. The topological polar surface area (TPSA) is 52.9 Å². The lowest BCUT2D eigenvalue weighted by molar-refractivity contribution is -0.129. The van der Waals surface area contributed by atoms with Crippen LogP contribution in [0.2, 0.25) is 0 Å². The third-order valence-electron chi connectivity index (χ3n) is 3.44. The molecule has 15 heavy (non-hydrogen) atoms. The Hall–Kier alpha value is -1.04. The number of carbonyl (C=O) groups excluding carboxylic acids is 1. The number of rotatable bonds is 3. The van der Waals surface area contributed by atoms with Crippen molar-refractivity contribution in [1.29, 1.82) is 5.26 Å². The lowest BCUT2D eigenvalue weighted by Gasteiger charge is -2.29. The number of hydrogen-bond donors (Lipinski definition) is 1. The van der Waals surface area contributed by atoms with Crippen LogP contribution in [-0.2, 0) is 4.79 Å². The Kier molecular flexibility index (Phi) is 3.38. The van der Waals surface area contributed by atoms with Crippen molar-refractivity contribution in [2.45, 2.75) is 58.4 Å². The fourth-order valence-electron chi connectivity index (χ4n) is 1.88. The Morgan fingerprint density at radius 3 is 2.40 bits per heavy atom. The Morgan fingerprint density at radius 2 is 2.00 bits per heavy atom. The van der Waals surface area contributed by atoms with Crippen LogP contribution < -0.4 is 5.32 Å². The summed E-state index contributed by atoms with van der Waals surface area (Å²) in [5.74, 6) is -0.0747. The lowest BCUT2D eigenvalue weighted by Crippen LogP contribution is -2.49. The predicted molar refractivity (Wildman–Crippen MR) is 59.0 cm³/mol. The monoisotopic (exact) mass is 208 g/mol. The van der Waals surface area contributed by atoms with Gasteiger partial charge in [0.1, 0.15) is 5.41 Å². The van der Waals surface area contributed by atoms with E-state index in [1.165, 1.54) is 0 Å². The van der Waals surface area contributed by atoms with Crippen molar-refractivity contribution in [2.24, 2.45) is 5.41 Å². The number of hydrogen-bond acceptors (Lipinski definition) is 2. The second-order valence-corrected chi connectivity index (χ2v) is 5.09. The van der Waals surface area contributed by atoms with E-state index in [1.807, 2.05) is 20.8 Å². The molecule has 1 aliphatic carbocycles. The van der Waals surface area contributed by atoms with Gasteiger partial charge >= 0.3 is 0 Å². The molecule has 3 heteroatoms. The molecule has 3 nitrogen and oxygen atoms in total. The van der Waals surface area contributed by atoms with Crippen molar-refractivity contribution in [3.8, 4) is 6.07 Å². The summed E-state index contributed by atoms with van der Waals surface area (Å²) in [5.41, 5.74) is -0.948. The fraction of sp³-hybridized carbons (Fsp3) is 0.833.